The van der Waals surface area contributed by atoms with Gasteiger partial charge in [-0.1, -0.05) is 6.07 Å². The molecule has 5 nitrogen and oxygen atoms in total. The SMILES string of the molecule is Cn1cc(CN2CC[C@@H](O)[C@H]2Cc2cccnc2)cn1. The average molecular weight is 272 g/mol. The van der Waals surface area contributed by atoms with Gasteiger partial charge in [-0.3, -0.25) is 14.6 Å². The van der Waals surface area contributed by atoms with Crippen molar-refractivity contribution in [3.63, 3.8) is 0 Å². The lowest BCUT2D eigenvalue weighted by molar-refractivity contribution is 0.112. The molecule has 1 aliphatic heterocycles. The standard InChI is InChI=1S/C15H20N4O/c1-18-10-13(9-17-18)11-19-6-4-15(20)14(19)7-12-3-2-5-16-8-12/h2-3,5,8-10,14-15,20H,4,6-7,11H2,1H3/t14-,15-/m1/s1. The van der Waals surface area contributed by atoms with Crippen LogP contribution >= 0.6 is 0 Å². The van der Waals surface area contributed by atoms with Crippen LogP contribution in [0.15, 0.2) is 36.9 Å². The lowest BCUT2D eigenvalue weighted by Gasteiger charge is -2.25. The van der Waals surface area contributed by atoms with Crippen LogP contribution in [0.3, 0.4) is 0 Å². The molecule has 5 heteroatoms. The number of aliphatic hydroxyl groups excluding tert-OH is 1. The second-order valence-corrected chi connectivity index (χ2v) is 5.48. The average Bonchev–Trinajstić information content (AvgIpc) is 3.01. The van der Waals surface area contributed by atoms with Crippen molar-refractivity contribution in [1.82, 2.24) is 19.7 Å². The molecular formula is C15H20N4O. The maximum Gasteiger partial charge on any atom is 0.0710 e. The van der Waals surface area contributed by atoms with Gasteiger partial charge in [0.25, 0.3) is 0 Å². The number of pyridine rings is 1. The molecule has 1 fully saturated rings. The van der Waals surface area contributed by atoms with Crippen LogP contribution in [-0.4, -0.2) is 43.5 Å². The number of aryl methyl sites for hydroxylation is 1. The largest absolute Gasteiger partial charge is 0.391 e. The van der Waals surface area contributed by atoms with E-state index in [4.69, 9.17) is 0 Å². The number of aromatic nitrogens is 3. The summed E-state index contributed by atoms with van der Waals surface area (Å²) in [6.45, 7) is 1.77. The van der Waals surface area contributed by atoms with E-state index in [-0.39, 0.29) is 12.1 Å². The maximum atomic E-state index is 10.2. The smallest absolute Gasteiger partial charge is 0.0710 e. The van der Waals surface area contributed by atoms with Crippen LogP contribution in [0.2, 0.25) is 0 Å². The summed E-state index contributed by atoms with van der Waals surface area (Å²) in [5.74, 6) is 0. The van der Waals surface area contributed by atoms with Crippen molar-refractivity contribution >= 4 is 0 Å². The van der Waals surface area contributed by atoms with Gasteiger partial charge in [0.05, 0.1) is 12.3 Å². The van der Waals surface area contributed by atoms with Gasteiger partial charge in [0.2, 0.25) is 0 Å². The van der Waals surface area contributed by atoms with Crippen LogP contribution in [0.4, 0.5) is 0 Å². The van der Waals surface area contributed by atoms with Gasteiger partial charge in [-0.2, -0.15) is 5.10 Å². The molecule has 20 heavy (non-hydrogen) atoms. The Morgan fingerprint density at radius 1 is 1.35 bits per heavy atom. The molecule has 0 spiro atoms. The zero-order valence-corrected chi connectivity index (χ0v) is 11.7. The number of rotatable bonds is 4. The lowest BCUT2D eigenvalue weighted by atomic mass is 10.0. The molecule has 0 amide bonds. The van der Waals surface area contributed by atoms with Crippen molar-refractivity contribution in [3.8, 4) is 0 Å². The highest BCUT2D eigenvalue weighted by molar-refractivity contribution is 5.13. The first-order valence-corrected chi connectivity index (χ1v) is 7.01. The number of hydrogen-bond acceptors (Lipinski definition) is 4. The monoisotopic (exact) mass is 272 g/mol. The summed E-state index contributed by atoms with van der Waals surface area (Å²) in [6.07, 6.45) is 9.01. The molecule has 0 aromatic carbocycles. The molecular weight excluding hydrogens is 252 g/mol. The summed E-state index contributed by atoms with van der Waals surface area (Å²) in [5.41, 5.74) is 2.37. The highest BCUT2D eigenvalue weighted by Crippen LogP contribution is 2.23. The van der Waals surface area contributed by atoms with E-state index in [1.807, 2.05) is 36.4 Å². The van der Waals surface area contributed by atoms with E-state index in [1.165, 1.54) is 11.1 Å². The Bertz CT molecular complexity index is 554. The minimum Gasteiger partial charge on any atom is -0.391 e. The molecule has 3 heterocycles. The molecule has 0 saturated carbocycles. The summed E-state index contributed by atoms with van der Waals surface area (Å²) in [6, 6.07) is 4.18. The Kier molecular flexibility index (Phi) is 3.80. The van der Waals surface area contributed by atoms with Crippen LogP contribution in [0, 0.1) is 0 Å². The fourth-order valence-corrected chi connectivity index (χ4v) is 2.91. The van der Waals surface area contributed by atoms with E-state index in [1.54, 1.807) is 6.20 Å². The Hall–Kier alpha value is -1.72. The summed E-state index contributed by atoms with van der Waals surface area (Å²) in [7, 11) is 1.93. The molecule has 1 saturated heterocycles. The molecule has 1 aliphatic rings. The molecule has 0 radical (unpaired) electrons. The number of likely N-dealkylation sites (tertiary alicyclic amines) is 1. The van der Waals surface area contributed by atoms with Crippen molar-refractivity contribution in [1.29, 1.82) is 0 Å². The Balaban J connectivity index is 1.70. The first kappa shape index (κ1) is 13.3. The molecule has 0 unspecified atom stereocenters. The molecule has 2 aromatic heterocycles. The zero-order chi connectivity index (χ0) is 13.9. The van der Waals surface area contributed by atoms with Gasteiger partial charge in [0, 0.05) is 50.3 Å². The second kappa shape index (κ2) is 5.73. The Labute approximate surface area is 118 Å². The summed E-state index contributed by atoms with van der Waals surface area (Å²) in [4.78, 5) is 6.49. The highest BCUT2D eigenvalue weighted by atomic mass is 16.3. The first-order valence-electron chi connectivity index (χ1n) is 7.01. The van der Waals surface area contributed by atoms with E-state index in [2.05, 4.69) is 21.0 Å². The lowest BCUT2D eigenvalue weighted by Crippen LogP contribution is -2.36. The van der Waals surface area contributed by atoms with Crippen molar-refractivity contribution in [2.45, 2.75) is 31.5 Å². The van der Waals surface area contributed by atoms with Gasteiger partial charge < -0.3 is 5.11 Å². The van der Waals surface area contributed by atoms with Crippen molar-refractivity contribution in [2.24, 2.45) is 7.05 Å². The van der Waals surface area contributed by atoms with Crippen LogP contribution in [-0.2, 0) is 20.0 Å². The van der Waals surface area contributed by atoms with E-state index in [0.717, 1.165) is 25.9 Å². The molecule has 106 valence electrons. The van der Waals surface area contributed by atoms with Gasteiger partial charge in [0.1, 0.15) is 0 Å². The molecule has 2 atom stereocenters. The molecule has 0 bridgehead atoms. The van der Waals surface area contributed by atoms with E-state index >= 15 is 0 Å². The molecule has 1 N–H and O–H groups in total. The summed E-state index contributed by atoms with van der Waals surface area (Å²) < 4.78 is 1.82. The van der Waals surface area contributed by atoms with E-state index in [9.17, 15) is 5.11 Å². The maximum absolute atomic E-state index is 10.2. The Morgan fingerprint density at radius 3 is 2.95 bits per heavy atom. The summed E-state index contributed by atoms with van der Waals surface area (Å²) >= 11 is 0. The van der Waals surface area contributed by atoms with Crippen LogP contribution in [0.25, 0.3) is 0 Å². The third-order valence-electron chi connectivity index (χ3n) is 3.94. The number of nitrogens with zero attached hydrogens (tertiary/aromatic N) is 4. The van der Waals surface area contributed by atoms with Gasteiger partial charge in [-0.25, -0.2) is 0 Å². The topological polar surface area (TPSA) is 54.2 Å². The van der Waals surface area contributed by atoms with Crippen LogP contribution < -0.4 is 0 Å². The third-order valence-corrected chi connectivity index (χ3v) is 3.94. The van der Waals surface area contributed by atoms with Gasteiger partial charge in [-0.15, -0.1) is 0 Å². The van der Waals surface area contributed by atoms with E-state index in [0.29, 0.717) is 0 Å². The zero-order valence-electron chi connectivity index (χ0n) is 11.7. The van der Waals surface area contributed by atoms with Gasteiger partial charge in [-0.05, 0) is 24.5 Å². The minimum absolute atomic E-state index is 0.166. The molecule has 0 aliphatic carbocycles. The fraction of sp³-hybridized carbons (Fsp3) is 0.467. The predicted molar refractivity (Wildman–Crippen MR) is 76.0 cm³/mol. The number of aliphatic hydroxyl groups is 1. The highest BCUT2D eigenvalue weighted by Gasteiger charge is 2.32. The number of hydrogen-bond donors (Lipinski definition) is 1. The summed E-state index contributed by atoms with van der Waals surface area (Å²) in [5, 5.41) is 14.4. The minimum atomic E-state index is -0.258. The first-order chi connectivity index (χ1) is 9.72. The van der Waals surface area contributed by atoms with Crippen molar-refractivity contribution in [2.75, 3.05) is 6.54 Å². The van der Waals surface area contributed by atoms with Gasteiger partial charge >= 0.3 is 0 Å². The third kappa shape index (κ3) is 2.89. The van der Waals surface area contributed by atoms with Gasteiger partial charge in [0.15, 0.2) is 0 Å². The predicted octanol–water partition coefficient (Wildman–Crippen LogP) is 0.993. The van der Waals surface area contributed by atoms with Crippen LogP contribution in [0.1, 0.15) is 17.5 Å². The Morgan fingerprint density at radius 2 is 2.25 bits per heavy atom. The van der Waals surface area contributed by atoms with E-state index < -0.39 is 0 Å². The van der Waals surface area contributed by atoms with Crippen LogP contribution in [0.5, 0.6) is 0 Å². The molecule has 2 aromatic rings. The van der Waals surface area contributed by atoms with Crippen molar-refractivity contribution < 1.29 is 5.11 Å². The quantitative estimate of drug-likeness (QED) is 0.902. The fourth-order valence-electron chi connectivity index (χ4n) is 2.91. The second-order valence-electron chi connectivity index (χ2n) is 5.48. The van der Waals surface area contributed by atoms with Crippen molar-refractivity contribution in [3.05, 3.63) is 48.0 Å². The molecule has 3 rings (SSSR count). The normalized spacial score (nSPS) is 23.3.